The first kappa shape index (κ1) is 42.1. The number of benzene rings is 4. The Morgan fingerprint density at radius 1 is 0.529 bits per heavy atom. The monoisotopic (exact) mass is 834 g/mol. The van der Waals surface area contributed by atoms with Gasteiger partial charge in [0.05, 0.1) is 21.2 Å². The van der Waals surface area contributed by atoms with Crippen LogP contribution in [0.4, 0.5) is 11.4 Å². The minimum absolute atomic E-state index is 0. The maximum Gasteiger partial charge on any atom is 2.00 e. The maximum absolute atomic E-state index is 12.1. The summed E-state index contributed by atoms with van der Waals surface area (Å²) in [6, 6.07) is 29.0. The molecule has 2 radical (unpaired) electrons. The topological polar surface area (TPSA) is 197 Å². The van der Waals surface area contributed by atoms with E-state index in [0.29, 0.717) is 33.9 Å². The van der Waals surface area contributed by atoms with Crippen molar-refractivity contribution in [3.63, 3.8) is 0 Å². The molecule has 0 unspecified atom stereocenters. The number of carbonyl (C=O) groups is 2. The van der Waals surface area contributed by atoms with Gasteiger partial charge >= 0.3 is 23.9 Å². The van der Waals surface area contributed by atoms with E-state index in [2.05, 4.69) is 9.98 Å². The zero-order valence-electron chi connectivity index (χ0n) is 28.0. The van der Waals surface area contributed by atoms with Crippen LogP contribution in [0.2, 0.25) is 0 Å². The molecule has 15 heteroatoms. The average molecular weight is 834 g/mol. The van der Waals surface area contributed by atoms with Gasteiger partial charge in [0.15, 0.2) is 0 Å². The molecule has 0 aliphatic rings. The van der Waals surface area contributed by atoms with E-state index in [-0.39, 0.29) is 45.2 Å². The van der Waals surface area contributed by atoms with Crippen LogP contribution in [0.5, 0.6) is 0 Å². The molecule has 4 rings (SSSR count). The number of sulfonamides is 2. The summed E-state index contributed by atoms with van der Waals surface area (Å²) in [6.45, 7) is 5.61. The molecule has 0 aliphatic heterocycles. The van der Waals surface area contributed by atoms with E-state index in [9.17, 15) is 36.6 Å². The molecule has 2 N–H and O–H groups in total. The fourth-order valence-corrected chi connectivity index (χ4v) is 6.10. The van der Waals surface area contributed by atoms with Gasteiger partial charge in [-0.15, -0.1) is 0 Å². The van der Waals surface area contributed by atoms with Crippen molar-refractivity contribution in [1.29, 1.82) is 0 Å². The second-order valence-electron chi connectivity index (χ2n) is 10.6. The summed E-state index contributed by atoms with van der Waals surface area (Å²) in [4.78, 5) is 30.3. The van der Waals surface area contributed by atoms with Gasteiger partial charge in [0, 0.05) is 25.3 Å². The van der Waals surface area contributed by atoms with E-state index in [1.165, 1.54) is 60.7 Å². The number of nitrogens with zero attached hydrogens (tertiary/aromatic N) is 2. The van der Waals surface area contributed by atoms with E-state index in [4.69, 9.17) is 0 Å². The SMILES string of the molecule is CC(=O)NS(=O)(=O)c1ccc(N=C(C)/C=C(\[O-])c2ccccc2)cc1.CC(=O)NS(=O)(=O)c1ccc(N=C(C)/C=C(\[O-])c2ccccc2)cc1.[Sn+2]. The Kier molecular flexibility index (Phi) is 16.0. The number of allylic oxidation sites excluding steroid dienone is 2. The van der Waals surface area contributed by atoms with Crippen LogP contribution < -0.4 is 19.7 Å². The smallest absolute Gasteiger partial charge is 0.872 e. The normalized spacial score (nSPS) is 12.5. The second kappa shape index (κ2) is 19.4. The van der Waals surface area contributed by atoms with Gasteiger partial charge in [-0.1, -0.05) is 72.2 Å². The Balaban J connectivity index is 0.000000347. The van der Waals surface area contributed by atoms with Gasteiger partial charge in [-0.05, 0) is 85.7 Å². The average Bonchev–Trinajstić information content (AvgIpc) is 3.05. The van der Waals surface area contributed by atoms with Gasteiger partial charge in [0.1, 0.15) is 0 Å². The zero-order chi connectivity index (χ0) is 36.9. The Bertz CT molecular complexity index is 1990. The molecule has 0 saturated heterocycles. The van der Waals surface area contributed by atoms with Crippen LogP contribution in [0.25, 0.3) is 11.5 Å². The fraction of sp³-hybridized carbons (Fsp3) is 0.111. The van der Waals surface area contributed by atoms with Gasteiger partial charge in [-0.3, -0.25) is 19.6 Å². The quantitative estimate of drug-likeness (QED) is 0.137. The van der Waals surface area contributed by atoms with E-state index >= 15 is 0 Å². The van der Waals surface area contributed by atoms with Crippen LogP contribution in [-0.4, -0.2) is 64.0 Å². The minimum atomic E-state index is -3.87. The molecular weight excluding hydrogens is 799 g/mol. The summed E-state index contributed by atoms with van der Waals surface area (Å²) in [5.41, 5.74) is 3.10. The standard InChI is InChI=1S/2C18H18N2O4S.Sn/c2*1-13(12-18(22)15-6-4-3-5-7-15)19-16-8-10-17(11-9-16)25(23,24)20-14(2)21;/h2*3-12,22H,1-2H3,(H,20,21);/q;;+2/p-2/b2*18-12-,19-13?;. The van der Waals surface area contributed by atoms with Crippen molar-refractivity contribution < 1.29 is 36.6 Å². The number of rotatable bonds is 10. The van der Waals surface area contributed by atoms with Crippen molar-refractivity contribution in [2.45, 2.75) is 37.5 Å². The molecule has 4 aromatic carbocycles. The van der Waals surface area contributed by atoms with Crippen LogP contribution >= 0.6 is 0 Å². The number of nitrogens with one attached hydrogen (secondary N) is 2. The summed E-state index contributed by atoms with van der Waals surface area (Å²) in [7, 11) is -7.74. The Hall–Kier alpha value is -5.06. The first-order valence-electron chi connectivity index (χ1n) is 14.8. The van der Waals surface area contributed by atoms with Gasteiger partial charge in [0.25, 0.3) is 20.0 Å². The molecule has 262 valence electrons. The summed E-state index contributed by atoms with van der Waals surface area (Å²) in [6.07, 6.45) is 2.83. The maximum atomic E-state index is 12.1. The number of hydrogen-bond acceptors (Lipinski definition) is 10. The largest absolute Gasteiger partial charge is 2.00 e. The number of carbonyl (C=O) groups excluding carboxylic acids is 2. The van der Waals surface area contributed by atoms with Gasteiger partial charge in [0.2, 0.25) is 11.8 Å². The van der Waals surface area contributed by atoms with Gasteiger partial charge < -0.3 is 10.2 Å². The molecule has 0 bridgehead atoms. The predicted molar refractivity (Wildman–Crippen MR) is 195 cm³/mol. The van der Waals surface area contributed by atoms with Crippen LogP contribution in [0.15, 0.2) is 141 Å². The summed E-state index contributed by atoms with van der Waals surface area (Å²) >= 11 is 0. The number of hydrogen-bond donors (Lipinski definition) is 2. The van der Waals surface area contributed by atoms with E-state index in [1.54, 1.807) is 62.4 Å². The minimum Gasteiger partial charge on any atom is -0.872 e. The Morgan fingerprint density at radius 3 is 1.10 bits per heavy atom. The summed E-state index contributed by atoms with van der Waals surface area (Å²) in [5.74, 6) is -1.64. The molecule has 0 saturated carbocycles. The van der Waals surface area contributed by atoms with Gasteiger partial charge in [-0.25, -0.2) is 26.3 Å². The van der Waals surface area contributed by atoms with E-state index < -0.39 is 31.9 Å². The van der Waals surface area contributed by atoms with Crippen LogP contribution in [0, 0.1) is 0 Å². The third kappa shape index (κ3) is 14.0. The molecule has 0 fully saturated rings. The Morgan fingerprint density at radius 2 is 0.824 bits per heavy atom. The molecule has 0 spiro atoms. The first-order chi connectivity index (χ1) is 23.6. The number of aliphatic imine (C=N–C) groups is 2. The molecule has 4 aromatic rings. The molecule has 0 aromatic heterocycles. The summed E-state index contributed by atoms with van der Waals surface area (Å²) < 4.78 is 51.2. The van der Waals surface area contributed by atoms with E-state index in [1.807, 2.05) is 21.6 Å². The van der Waals surface area contributed by atoms with E-state index in [0.717, 1.165) is 13.8 Å². The number of amides is 2. The van der Waals surface area contributed by atoms with Crippen molar-refractivity contribution in [3.8, 4) is 0 Å². The van der Waals surface area contributed by atoms with Crippen molar-refractivity contribution in [3.05, 3.63) is 132 Å². The molecule has 0 atom stereocenters. The predicted octanol–water partition coefficient (Wildman–Crippen LogP) is 3.63. The summed E-state index contributed by atoms with van der Waals surface area (Å²) in [5, 5.41) is 24.2. The molecule has 0 heterocycles. The third-order valence-electron chi connectivity index (χ3n) is 6.26. The molecule has 0 aliphatic carbocycles. The second-order valence-corrected chi connectivity index (χ2v) is 13.9. The van der Waals surface area contributed by atoms with Crippen LogP contribution in [0.1, 0.15) is 38.8 Å². The zero-order valence-corrected chi connectivity index (χ0v) is 32.5. The van der Waals surface area contributed by atoms with Crippen molar-refractivity contribution >= 4 is 90.1 Å². The van der Waals surface area contributed by atoms with Crippen LogP contribution in [-0.2, 0) is 29.6 Å². The first-order valence-corrected chi connectivity index (χ1v) is 17.8. The third-order valence-corrected chi connectivity index (χ3v) is 9.16. The van der Waals surface area contributed by atoms with Crippen molar-refractivity contribution in [1.82, 2.24) is 9.44 Å². The molecule has 2 amide bonds. The van der Waals surface area contributed by atoms with Gasteiger partial charge in [-0.2, -0.15) is 0 Å². The van der Waals surface area contributed by atoms with Crippen molar-refractivity contribution in [2.75, 3.05) is 0 Å². The molecule has 12 nitrogen and oxygen atoms in total. The molecular formula is C36H34N4O8S2Sn. The fourth-order valence-electron chi connectivity index (χ4n) is 4.12. The van der Waals surface area contributed by atoms with Crippen LogP contribution in [0.3, 0.4) is 0 Å². The molecule has 51 heavy (non-hydrogen) atoms. The van der Waals surface area contributed by atoms with Crippen molar-refractivity contribution in [2.24, 2.45) is 9.98 Å². The Labute approximate surface area is 314 Å².